The molecule has 0 bridgehead atoms. The van der Waals surface area contributed by atoms with Gasteiger partial charge in [-0.15, -0.1) is 0 Å². The molecule has 0 fully saturated rings. The third kappa shape index (κ3) is 3.65. The van der Waals surface area contributed by atoms with Crippen molar-refractivity contribution in [3.63, 3.8) is 0 Å². The van der Waals surface area contributed by atoms with Gasteiger partial charge in [0.05, 0.1) is 5.69 Å². The Morgan fingerprint density at radius 1 is 0.963 bits per heavy atom. The predicted octanol–water partition coefficient (Wildman–Crippen LogP) is 5.44. The highest BCUT2D eigenvalue weighted by molar-refractivity contribution is 5.71. The van der Waals surface area contributed by atoms with Crippen molar-refractivity contribution in [1.82, 2.24) is 9.97 Å². The van der Waals surface area contributed by atoms with Gasteiger partial charge in [0.15, 0.2) is 0 Å². The number of para-hydroxylation sites is 1. The van der Waals surface area contributed by atoms with E-state index in [0.29, 0.717) is 6.04 Å². The summed E-state index contributed by atoms with van der Waals surface area (Å²) in [5.74, 6) is 1.60. The first-order chi connectivity index (χ1) is 12.9. The van der Waals surface area contributed by atoms with Gasteiger partial charge in [0.25, 0.3) is 0 Å². The van der Waals surface area contributed by atoms with E-state index in [-0.39, 0.29) is 5.54 Å². The molecule has 1 unspecified atom stereocenters. The molecule has 0 spiro atoms. The van der Waals surface area contributed by atoms with Crippen molar-refractivity contribution >= 4 is 17.5 Å². The predicted molar refractivity (Wildman–Crippen MR) is 113 cm³/mol. The first kappa shape index (κ1) is 17.5. The molecule has 4 heteroatoms. The van der Waals surface area contributed by atoms with Crippen molar-refractivity contribution in [2.24, 2.45) is 0 Å². The fourth-order valence-corrected chi connectivity index (χ4v) is 3.62. The molecule has 0 amide bonds. The summed E-state index contributed by atoms with van der Waals surface area (Å²) < 4.78 is 0. The van der Waals surface area contributed by atoms with E-state index in [9.17, 15) is 0 Å². The average Bonchev–Trinajstić information content (AvgIpc) is 2.96. The largest absolute Gasteiger partial charge is 0.365 e. The van der Waals surface area contributed by atoms with Crippen molar-refractivity contribution < 1.29 is 0 Å². The fraction of sp³-hybridized carbons (Fsp3) is 0.304. The van der Waals surface area contributed by atoms with Crippen molar-refractivity contribution in [1.29, 1.82) is 0 Å². The van der Waals surface area contributed by atoms with Crippen molar-refractivity contribution in [2.45, 2.75) is 45.7 Å². The smallest absolute Gasteiger partial charge is 0.232 e. The van der Waals surface area contributed by atoms with E-state index in [2.05, 4.69) is 74.3 Å². The van der Waals surface area contributed by atoms with Crippen LogP contribution in [0.1, 0.15) is 33.3 Å². The Hall–Kier alpha value is -2.88. The summed E-state index contributed by atoms with van der Waals surface area (Å²) in [5, 5.41) is 3.52. The Labute approximate surface area is 161 Å². The van der Waals surface area contributed by atoms with Crippen LogP contribution in [0.4, 0.5) is 17.5 Å². The molecule has 138 valence electrons. The second-order valence-corrected chi connectivity index (χ2v) is 8.23. The maximum atomic E-state index is 4.94. The summed E-state index contributed by atoms with van der Waals surface area (Å²) in [6, 6.07) is 21.2. The Morgan fingerprint density at radius 3 is 2.41 bits per heavy atom. The van der Waals surface area contributed by atoms with Gasteiger partial charge in [-0.05, 0) is 45.7 Å². The maximum Gasteiger partial charge on any atom is 0.232 e. The molecule has 4 nitrogen and oxygen atoms in total. The number of hydrogen-bond donors (Lipinski definition) is 1. The molecule has 1 aliphatic heterocycles. The standard InChI is InChI=1S/C23H26N4/c1-16-14-18-12-8-9-13-20(18)27(16)22-24-19(17-10-6-5-7-11-17)15-21(25-22)26-23(2,3)4/h5-13,15-16H,14H2,1-4H3,(H,24,25,26). The lowest BCUT2D eigenvalue weighted by molar-refractivity contribution is 0.629. The molecule has 0 saturated heterocycles. The van der Waals surface area contributed by atoms with Gasteiger partial charge in [-0.25, -0.2) is 4.98 Å². The monoisotopic (exact) mass is 358 g/mol. The molecule has 1 atom stereocenters. The maximum absolute atomic E-state index is 4.94. The molecule has 1 N–H and O–H groups in total. The number of anilines is 3. The first-order valence-electron chi connectivity index (χ1n) is 9.50. The molecule has 0 saturated carbocycles. The minimum atomic E-state index is -0.0753. The Balaban J connectivity index is 1.84. The second kappa shape index (κ2) is 6.69. The Bertz CT molecular complexity index is 944. The molecular formula is C23H26N4. The van der Waals surface area contributed by atoms with Crippen LogP contribution in [-0.2, 0) is 6.42 Å². The number of rotatable bonds is 3. The molecular weight excluding hydrogens is 332 g/mol. The summed E-state index contributed by atoms with van der Waals surface area (Å²) in [4.78, 5) is 12.1. The van der Waals surface area contributed by atoms with Gasteiger partial charge in [-0.2, -0.15) is 4.98 Å². The summed E-state index contributed by atoms with van der Waals surface area (Å²) in [5.41, 5.74) is 4.51. The SMILES string of the molecule is CC1Cc2ccccc2N1c1nc(NC(C)(C)C)cc(-c2ccccc2)n1. The summed E-state index contributed by atoms with van der Waals surface area (Å²) in [6.07, 6.45) is 1.01. The zero-order valence-corrected chi connectivity index (χ0v) is 16.4. The highest BCUT2D eigenvalue weighted by Crippen LogP contribution is 2.37. The average molecular weight is 358 g/mol. The summed E-state index contributed by atoms with van der Waals surface area (Å²) >= 11 is 0. The van der Waals surface area contributed by atoms with Crippen molar-refractivity contribution in [3.05, 3.63) is 66.2 Å². The van der Waals surface area contributed by atoms with Gasteiger partial charge in [-0.3, -0.25) is 0 Å². The van der Waals surface area contributed by atoms with Crippen LogP contribution < -0.4 is 10.2 Å². The topological polar surface area (TPSA) is 41.1 Å². The van der Waals surface area contributed by atoms with Gasteiger partial charge in [0.1, 0.15) is 5.82 Å². The number of hydrogen-bond acceptors (Lipinski definition) is 4. The van der Waals surface area contributed by atoms with E-state index in [0.717, 1.165) is 29.4 Å². The Kier molecular flexibility index (Phi) is 4.34. The fourth-order valence-electron chi connectivity index (χ4n) is 3.62. The number of benzene rings is 2. The number of nitrogens with one attached hydrogen (secondary N) is 1. The Morgan fingerprint density at radius 2 is 1.67 bits per heavy atom. The highest BCUT2D eigenvalue weighted by Gasteiger charge is 2.29. The van der Waals surface area contributed by atoms with Crippen LogP contribution in [0.2, 0.25) is 0 Å². The van der Waals surface area contributed by atoms with Gasteiger partial charge in [0.2, 0.25) is 5.95 Å². The van der Waals surface area contributed by atoms with Crippen molar-refractivity contribution in [3.8, 4) is 11.3 Å². The summed E-state index contributed by atoms with van der Waals surface area (Å²) in [7, 11) is 0. The van der Waals surface area contributed by atoms with Gasteiger partial charge in [-0.1, -0.05) is 48.5 Å². The lowest BCUT2D eigenvalue weighted by atomic mass is 10.1. The normalized spacial score (nSPS) is 16.3. The molecule has 2 heterocycles. The first-order valence-corrected chi connectivity index (χ1v) is 9.50. The zero-order valence-electron chi connectivity index (χ0n) is 16.4. The van der Waals surface area contributed by atoms with Crippen LogP contribution in [0.3, 0.4) is 0 Å². The van der Waals surface area contributed by atoms with Crippen LogP contribution >= 0.6 is 0 Å². The van der Waals surface area contributed by atoms with Crippen molar-refractivity contribution in [2.75, 3.05) is 10.2 Å². The molecule has 2 aromatic carbocycles. The van der Waals surface area contributed by atoms with Crippen LogP contribution in [0, 0.1) is 0 Å². The lowest BCUT2D eigenvalue weighted by Gasteiger charge is -2.26. The quantitative estimate of drug-likeness (QED) is 0.677. The molecule has 1 aromatic heterocycles. The highest BCUT2D eigenvalue weighted by atomic mass is 15.3. The molecule has 0 aliphatic carbocycles. The number of fused-ring (bicyclic) bond motifs is 1. The van der Waals surface area contributed by atoms with Gasteiger partial charge < -0.3 is 10.2 Å². The van der Waals surface area contributed by atoms with Crippen LogP contribution in [0.25, 0.3) is 11.3 Å². The van der Waals surface area contributed by atoms with Crippen LogP contribution in [0.5, 0.6) is 0 Å². The van der Waals surface area contributed by atoms with E-state index in [1.807, 2.05) is 24.3 Å². The summed E-state index contributed by atoms with van der Waals surface area (Å²) in [6.45, 7) is 8.66. The second-order valence-electron chi connectivity index (χ2n) is 8.23. The molecule has 0 radical (unpaired) electrons. The minimum absolute atomic E-state index is 0.0753. The van der Waals surface area contributed by atoms with Crippen LogP contribution in [0.15, 0.2) is 60.7 Å². The van der Waals surface area contributed by atoms with E-state index in [1.165, 1.54) is 11.3 Å². The third-order valence-electron chi connectivity index (χ3n) is 4.71. The zero-order chi connectivity index (χ0) is 19.0. The molecule has 27 heavy (non-hydrogen) atoms. The van der Waals surface area contributed by atoms with Crippen LogP contribution in [-0.4, -0.2) is 21.5 Å². The molecule has 3 aromatic rings. The number of aromatic nitrogens is 2. The van der Waals surface area contributed by atoms with Gasteiger partial charge in [0, 0.05) is 28.9 Å². The molecule has 1 aliphatic rings. The molecule has 4 rings (SSSR count). The lowest BCUT2D eigenvalue weighted by Crippen LogP contribution is -2.29. The van der Waals surface area contributed by atoms with E-state index < -0.39 is 0 Å². The number of nitrogens with zero attached hydrogens (tertiary/aromatic N) is 3. The van der Waals surface area contributed by atoms with E-state index >= 15 is 0 Å². The van der Waals surface area contributed by atoms with E-state index in [4.69, 9.17) is 9.97 Å². The third-order valence-corrected chi connectivity index (χ3v) is 4.71. The minimum Gasteiger partial charge on any atom is -0.365 e. The van der Waals surface area contributed by atoms with E-state index in [1.54, 1.807) is 0 Å². The van der Waals surface area contributed by atoms with Gasteiger partial charge >= 0.3 is 0 Å².